The van der Waals surface area contributed by atoms with Crippen molar-refractivity contribution in [1.82, 2.24) is 5.43 Å². The zero-order valence-electron chi connectivity index (χ0n) is 16.8. The van der Waals surface area contributed by atoms with Gasteiger partial charge in [-0.15, -0.1) is 0 Å². The van der Waals surface area contributed by atoms with E-state index in [1.807, 2.05) is 0 Å². The number of hydrogen-bond donors (Lipinski definition) is 2. The Morgan fingerprint density at radius 2 is 1.81 bits per heavy atom. The molecule has 0 aliphatic rings. The summed E-state index contributed by atoms with van der Waals surface area (Å²) in [6.07, 6.45) is 1.46. The maximum Gasteiger partial charge on any atom is 0.335 e. The summed E-state index contributed by atoms with van der Waals surface area (Å²) in [4.78, 5) is 23.2. The van der Waals surface area contributed by atoms with E-state index in [4.69, 9.17) is 37.8 Å². The van der Waals surface area contributed by atoms with Crippen molar-refractivity contribution in [2.24, 2.45) is 5.10 Å². The van der Waals surface area contributed by atoms with Crippen LogP contribution in [0.5, 0.6) is 11.5 Å². The Morgan fingerprint density at radius 3 is 2.53 bits per heavy atom. The fourth-order valence-electron chi connectivity index (χ4n) is 2.71. The molecule has 0 saturated heterocycles. The molecule has 0 saturated carbocycles. The third-order valence-corrected chi connectivity index (χ3v) is 5.06. The normalized spacial score (nSPS) is 10.7. The maximum absolute atomic E-state index is 12.2. The molecule has 7 nitrogen and oxygen atoms in total. The van der Waals surface area contributed by atoms with Crippen LogP contribution in [0.3, 0.4) is 0 Å². The fourth-order valence-corrected chi connectivity index (χ4v) is 3.00. The van der Waals surface area contributed by atoms with Gasteiger partial charge in [-0.2, -0.15) is 5.10 Å². The summed E-state index contributed by atoms with van der Waals surface area (Å²) in [6.45, 7) is 0.171. The van der Waals surface area contributed by atoms with Crippen LogP contribution in [0.4, 0.5) is 0 Å². The Kier molecular flexibility index (Phi) is 7.70. The highest BCUT2D eigenvalue weighted by atomic mass is 35.5. The number of carboxylic acids is 1. The summed E-state index contributed by atoms with van der Waals surface area (Å²) in [6, 6.07) is 16.1. The van der Waals surface area contributed by atoms with E-state index in [2.05, 4.69) is 10.5 Å². The van der Waals surface area contributed by atoms with E-state index in [-0.39, 0.29) is 17.2 Å². The standard InChI is InChI=1S/C23H18Cl2N2O5/c1-31-21-10-14(12-26-27-22(28)16-6-7-18(24)19(25)11-16)5-8-20(21)32-13-15-3-2-4-17(9-15)23(29)30/h2-12H,13H2,1H3,(H,27,28)(H,29,30)/b26-12-. The molecule has 0 bridgehead atoms. The molecule has 0 fully saturated rings. The first-order valence-corrected chi connectivity index (χ1v) is 10.0. The van der Waals surface area contributed by atoms with E-state index >= 15 is 0 Å². The number of amides is 1. The van der Waals surface area contributed by atoms with E-state index in [9.17, 15) is 9.59 Å². The van der Waals surface area contributed by atoms with E-state index in [0.29, 0.717) is 33.2 Å². The highest BCUT2D eigenvalue weighted by Crippen LogP contribution is 2.28. The molecule has 3 aromatic carbocycles. The molecule has 0 atom stereocenters. The molecular weight excluding hydrogens is 455 g/mol. The minimum absolute atomic E-state index is 0.171. The topological polar surface area (TPSA) is 97.2 Å². The second kappa shape index (κ2) is 10.7. The third-order valence-electron chi connectivity index (χ3n) is 4.32. The number of hydrogen-bond acceptors (Lipinski definition) is 5. The smallest absolute Gasteiger partial charge is 0.335 e. The van der Waals surface area contributed by atoms with Gasteiger partial charge in [-0.1, -0.05) is 35.3 Å². The van der Waals surface area contributed by atoms with E-state index in [0.717, 1.165) is 0 Å². The van der Waals surface area contributed by atoms with Gasteiger partial charge in [0.2, 0.25) is 0 Å². The SMILES string of the molecule is COc1cc(/C=N\NC(=O)c2ccc(Cl)c(Cl)c2)ccc1OCc1cccc(C(=O)O)c1. The average molecular weight is 473 g/mol. The van der Waals surface area contributed by atoms with Crippen molar-refractivity contribution in [1.29, 1.82) is 0 Å². The zero-order valence-corrected chi connectivity index (χ0v) is 18.4. The van der Waals surface area contributed by atoms with Crippen LogP contribution in [-0.2, 0) is 6.61 Å². The molecule has 3 rings (SSSR count). The van der Waals surface area contributed by atoms with Crippen molar-refractivity contribution in [3.05, 3.63) is 93.0 Å². The Bertz CT molecular complexity index is 1180. The van der Waals surface area contributed by atoms with Crippen LogP contribution in [0.1, 0.15) is 31.8 Å². The van der Waals surface area contributed by atoms with Crippen molar-refractivity contribution < 1.29 is 24.2 Å². The number of nitrogens with one attached hydrogen (secondary N) is 1. The Morgan fingerprint density at radius 1 is 1.00 bits per heavy atom. The number of aromatic carboxylic acids is 1. The highest BCUT2D eigenvalue weighted by Gasteiger charge is 2.09. The molecule has 1 amide bonds. The minimum atomic E-state index is -1.00. The number of benzene rings is 3. The molecule has 0 aromatic heterocycles. The number of carbonyl (C=O) groups is 2. The predicted molar refractivity (Wildman–Crippen MR) is 122 cm³/mol. The van der Waals surface area contributed by atoms with Crippen LogP contribution >= 0.6 is 23.2 Å². The van der Waals surface area contributed by atoms with Crippen molar-refractivity contribution in [2.45, 2.75) is 6.61 Å². The molecule has 0 aliphatic carbocycles. The monoisotopic (exact) mass is 472 g/mol. The lowest BCUT2D eigenvalue weighted by Crippen LogP contribution is -2.17. The summed E-state index contributed by atoms with van der Waals surface area (Å²) in [5.74, 6) is -0.501. The Labute approximate surface area is 194 Å². The lowest BCUT2D eigenvalue weighted by atomic mass is 10.1. The lowest BCUT2D eigenvalue weighted by molar-refractivity contribution is 0.0696. The van der Waals surface area contributed by atoms with Crippen molar-refractivity contribution in [3.63, 3.8) is 0 Å². The van der Waals surface area contributed by atoms with Gasteiger partial charge in [-0.3, -0.25) is 4.79 Å². The predicted octanol–water partition coefficient (Wildman–Crippen LogP) is 5.04. The Hall–Kier alpha value is -3.55. The molecule has 0 radical (unpaired) electrons. The average Bonchev–Trinajstić information content (AvgIpc) is 2.79. The van der Waals surface area contributed by atoms with Crippen molar-refractivity contribution >= 4 is 41.3 Å². The van der Waals surface area contributed by atoms with Gasteiger partial charge >= 0.3 is 5.97 Å². The van der Waals surface area contributed by atoms with Gasteiger partial charge in [0.15, 0.2) is 11.5 Å². The molecule has 0 spiro atoms. The maximum atomic E-state index is 12.2. The third kappa shape index (κ3) is 6.00. The van der Waals surface area contributed by atoms with Gasteiger partial charge in [0, 0.05) is 5.56 Å². The van der Waals surface area contributed by atoms with Gasteiger partial charge in [0.1, 0.15) is 6.61 Å². The summed E-state index contributed by atoms with van der Waals surface area (Å²) < 4.78 is 11.1. The van der Waals surface area contributed by atoms with Crippen molar-refractivity contribution in [3.8, 4) is 11.5 Å². The number of halogens is 2. The number of hydrazone groups is 1. The number of ether oxygens (including phenoxy) is 2. The summed E-state index contributed by atoms with van der Waals surface area (Å²) >= 11 is 11.8. The zero-order chi connectivity index (χ0) is 23.1. The molecule has 3 aromatic rings. The molecule has 0 heterocycles. The Balaban J connectivity index is 1.64. The summed E-state index contributed by atoms with van der Waals surface area (Å²) in [5.41, 5.74) is 4.30. The van der Waals surface area contributed by atoms with E-state index < -0.39 is 11.9 Å². The fraction of sp³-hybridized carbons (Fsp3) is 0.0870. The molecule has 32 heavy (non-hydrogen) atoms. The van der Waals surface area contributed by atoms with Crippen LogP contribution in [0.25, 0.3) is 0 Å². The quantitative estimate of drug-likeness (QED) is 0.353. The van der Waals surface area contributed by atoms with Crippen molar-refractivity contribution in [2.75, 3.05) is 7.11 Å². The van der Waals surface area contributed by atoms with Crippen LogP contribution in [0.2, 0.25) is 10.0 Å². The molecule has 2 N–H and O–H groups in total. The number of nitrogens with zero attached hydrogens (tertiary/aromatic N) is 1. The van der Waals surface area contributed by atoms with Crippen LogP contribution in [0, 0.1) is 0 Å². The number of rotatable bonds is 8. The highest BCUT2D eigenvalue weighted by molar-refractivity contribution is 6.42. The molecular formula is C23H18Cl2N2O5. The van der Waals surface area contributed by atoms with Crippen LogP contribution in [0.15, 0.2) is 65.8 Å². The van der Waals surface area contributed by atoms with Gasteiger partial charge in [-0.05, 0) is 59.7 Å². The number of carbonyl (C=O) groups excluding carboxylic acids is 1. The van der Waals surface area contributed by atoms with Crippen LogP contribution < -0.4 is 14.9 Å². The van der Waals surface area contributed by atoms with Gasteiger partial charge in [-0.25, -0.2) is 10.2 Å². The largest absolute Gasteiger partial charge is 0.493 e. The first-order chi connectivity index (χ1) is 15.4. The summed E-state index contributed by atoms with van der Waals surface area (Å²) in [7, 11) is 1.50. The second-order valence-corrected chi connectivity index (χ2v) is 7.35. The first-order valence-electron chi connectivity index (χ1n) is 9.29. The van der Waals surface area contributed by atoms with E-state index in [1.165, 1.54) is 31.5 Å². The van der Waals surface area contributed by atoms with Gasteiger partial charge in [0.05, 0.1) is 28.9 Å². The van der Waals surface area contributed by atoms with Gasteiger partial charge < -0.3 is 14.6 Å². The first kappa shape index (κ1) is 23.1. The second-order valence-electron chi connectivity index (χ2n) is 6.53. The lowest BCUT2D eigenvalue weighted by Gasteiger charge is -2.11. The van der Waals surface area contributed by atoms with E-state index in [1.54, 1.807) is 42.5 Å². The van der Waals surface area contributed by atoms with Gasteiger partial charge in [0.25, 0.3) is 5.91 Å². The van der Waals surface area contributed by atoms with Crippen LogP contribution in [-0.4, -0.2) is 30.3 Å². The molecule has 0 unspecified atom stereocenters. The summed E-state index contributed by atoms with van der Waals surface area (Å²) in [5, 5.41) is 13.7. The minimum Gasteiger partial charge on any atom is -0.493 e. The number of carboxylic acid groups (broad SMARTS) is 1. The molecule has 164 valence electrons. The molecule has 0 aliphatic heterocycles. The number of methoxy groups -OCH3 is 1. The molecule has 9 heteroatoms.